The van der Waals surface area contributed by atoms with Crippen LogP contribution in [-0.4, -0.2) is 47.2 Å². The quantitative estimate of drug-likeness (QED) is 0.361. The molecule has 1 amide bonds. The van der Waals surface area contributed by atoms with E-state index in [4.69, 9.17) is 9.72 Å². The van der Waals surface area contributed by atoms with Gasteiger partial charge in [0.2, 0.25) is 11.9 Å². The first-order valence-corrected chi connectivity index (χ1v) is 12.0. The van der Waals surface area contributed by atoms with Crippen molar-refractivity contribution < 1.29 is 9.53 Å². The highest BCUT2D eigenvalue weighted by Gasteiger charge is 2.15. The van der Waals surface area contributed by atoms with Crippen LogP contribution in [0.2, 0.25) is 0 Å². The first-order valence-electron chi connectivity index (χ1n) is 12.0. The second-order valence-corrected chi connectivity index (χ2v) is 8.48. The molecular weight excluding hydrogens is 452 g/mol. The molecule has 1 fully saturated rings. The number of nitrogens with zero attached hydrogens (tertiary/aromatic N) is 4. The van der Waals surface area contributed by atoms with Crippen LogP contribution in [0.25, 0.3) is 22.2 Å². The zero-order valence-electron chi connectivity index (χ0n) is 20.2. The van der Waals surface area contributed by atoms with Crippen LogP contribution in [0.5, 0.6) is 0 Å². The average molecular weight is 481 g/mol. The number of anilines is 4. The number of hydrogen-bond donors (Lipinski definition) is 2. The summed E-state index contributed by atoms with van der Waals surface area (Å²) in [4.78, 5) is 28.1. The Morgan fingerprint density at radius 3 is 2.64 bits per heavy atom. The Morgan fingerprint density at radius 1 is 1.08 bits per heavy atom. The third-order valence-corrected chi connectivity index (χ3v) is 6.19. The minimum atomic E-state index is -0.269. The lowest BCUT2D eigenvalue weighted by Crippen LogP contribution is -2.36. The van der Waals surface area contributed by atoms with Crippen molar-refractivity contribution in [3.05, 3.63) is 79.1 Å². The SMILES string of the molecule is C=CC(=O)Nc1ccnc(-c2c(CC)ccc3cnc(Nc4ccc(N5CCOCC5)cc4)nc23)c1. The number of benzene rings is 2. The number of aromatic nitrogens is 3. The molecule has 0 saturated carbocycles. The molecule has 8 heteroatoms. The predicted octanol–water partition coefficient (Wildman–Crippen LogP) is 4.96. The molecule has 182 valence electrons. The first-order chi connectivity index (χ1) is 17.6. The maximum Gasteiger partial charge on any atom is 0.247 e. The van der Waals surface area contributed by atoms with Crippen molar-refractivity contribution in [2.24, 2.45) is 0 Å². The average Bonchev–Trinajstić information content (AvgIpc) is 2.93. The van der Waals surface area contributed by atoms with E-state index in [0.717, 1.165) is 66.1 Å². The molecule has 2 aromatic heterocycles. The number of fused-ring (bicyclic) bond motifs is 1. The van der Waals surface area contributed by atoms with Gasteiger partial charge < -0.3 is 20.3 Å². The number of carbonyl (C=O) groups excluding carboxylic acids is 1. The third-order valence-electron chi connectivity index (χ3n) is 6.19. The fourth-order valence-electron chi connectivity index (χ4n) is 4.32. The minimum absolute atomic E-state index is 0.269. The summed E-state index contributed by atoms with van der Waals surface area (Å²) in [6, 6.07) is 16.0. The van der Waals surface area contributed by atoms with Crippen LogP contribution in [0.15, 0.2) is 73.6 Å². The lowest BCUT2D eigenvalue weighted by molar-refractivity contribution is -0.111. The normalized spacial score (nSPS) is 13.4. The molecule has 0 radical (unpaired) electrons. The van der Waals surface area contributed by atoms with Gasteiger partial charge in [-0.2, -0.15) is 0 Å². The smallest absolute Gasteiger partial charge is 0.247 e. The molecule has 0 atom stereocenters. The lowest BCUT2D eigenvalue weighted by atomic mass is 9.98. The second kappa shape index (κ2) is 10.5. The molecule has 5 rings (SSSR count). The molecule has 0 unspecified atom stereocenters. The topological polar surface area (TPSA) is 92.3 Å². The van der Waals surface area contributed by atoms with Gasteiger partial charge in [0.25, 0.3) is 0 Å². The van der Waals surface area contributed by atoms with Gasteiger partial charge in [-0.3, -0.25) is 9.78 Å². The third kappa shape index (κ3) is 5.04. The van der Waals surface area contributed by atoms with E-state index in [1.807, 2.05) is 30.5 Å². The van der Waals surface area contributed by atoms with Crippen molar-refractivity contribution in [3.8, 4) is 11.3 Å². The Hall–Kier alpha value is -4.30. The van der Waals surface area contributed by atoms with Crippen molar-refractivity contribution in [3.63, 3.8) is 0 Å². The van der Waals surface area contributed by atoms with Gasteiger partial charge in [-0.05, 0) is 54.5 Å². The molecule has 0 bridgehead atoms. The summed E-state index contributed by atoms with van der Waals surface area (Å²) in [5.74, 6) is 0.237. The Bertz CT molecular complexity index is 1400. The van der Waals surface area contributed by atoms with Crippen LogP contribution in [0.3, 0.4) is 0 Å². The largest absolute Gasteiger partial charge is 0.378 e. The van der Waals surface area contributed by atoms with Crippen molar-refractivity contribution in [1.29, 1.82) is 0 Å². The summed E-state index contributed by atoms with van der Waals surface area (Å²) in [6.45, 7) is 8.93. The molecule has 2 N–H and O–H groups in total. The van der Waals surface area contributed by atoms with Gasteiger partial charge in [0.05, 0.1) is 24.4 Å². The van der Waals surface area contributed by atoms with E-state index in [2.05, 4.69) is 57.2 Å². The highest BCUT2D eigenvalue weighted by Crippen LogP contribution is 2.32. The molecule has 0 spiro atoms. The first kappa shape index (κ1) is 23.4. The highest BCUT2D eigenvalue weighted by molar-refractivity contribution is 6.00. The van der Waals surface area contributed by atoms with Gasteiger partial charge >= 0.3 is 0 Å². The molecular formula is C28H28N6O2. The summed E-state index contributed by atoms with van der Waals surface area (Å²) in [5, 5.41) is 7.06. The summed E-state index contributed by atoms with van der Waals surface area (Å²) >= 11 is 0. The van der Waals surface area contributed by atoms with E-state index in [1.54, 1.807) is 12.3 Å². The van der Waals surface area contributed by atoms with Gasteiger partial charge in [-0.25, -0.2) is 9.97 Å². The molecule has 1 saturated heterocycles. The second-order valence-electron chi connectivity index (χ2n) is 8.48. The van der Waals surface area contributed by atoms with Crippen molar-refractivity contribution in [2.75, 3.05) is 41.8 Å². The van der Waals surface area contributed by atoms with E-state index in [9.17, 15) is 4.79 Å². The standard InChI is InChI=1S/C28H28N6O2/c1-3-19-5-6-20-18-30-28(32-21-7-9-23(10-8-21)34-13-15-36-16-14-34)33-27(20)26(19)24-17-22(11-12-29-24)31-25(35)4-2/h4-12,17-18H,2-3,13-16H2,1H3,(H,29,31,35)(H,30,32,33). The molecule has 2 aromatic carbocycles. The Balaban J connectivity index is 1.47. The zero-order chi connectivity index (χ0) is 24.9. The number of rotatable bonds is 7. The van der Waals surface area contributed by atoms with Gasteiger partial charge in [0.15, 0.2) is 0 Å². The van der Waals surface area contributed by atoms with Gasteiger partial charge in [0.1, 0.15) is 0 Å². The number of amides is 1. The summed E-state index contributed by atoms with van der Waals surface area (Å²) in [7, 11) is 0. The number of ether oxygens (including phenoxy) is 1. The van der Waals surface area contributed by atoms with Gasteiger partial charge in [-0.1, -0.05) is 25.6 Å². The van der Waals surface area contributed by atoms with E-state index in [1.165, 1.54) is 11.8 Å². The van der Waals surface area contributed by atoms with Crippen LogP contribution >= 0.6 is 0 Å². The Morgan fingerprint density at radius 2 is 1.89 bits per heavy atom. The van der Waals surface area contributed by atoms with Crippen LogP contribution < -0.4 is 15.5 Å². The van der Waals surface area contributed by atoms with E-state index >= 15 is 0 Å². The maximum absolute atomic E-state index is 11.8. The Labute approximate surface area is 210 Å². The van der Waals surface area contributed by atoms with E-state index in [-0.39, 0.29) is 5.91 Å². The summed E-state index contributed by atoms with van der Waals surface area (Å²) in [5.41, 5.74) is 6.31. The van der Waals surface area contributed by atoms with Crippen molar-refractivity contribution in [1.82, 2.24) is 15.0 Å². The van der Waals surface area contributed by atoms with Crippen LogP contribution in [0, 0.1) is 0 Å². The van der Waals surface area contributed by atoms with Crippen LogP contribution in [0.1, 0.15) is 12.5 Å². The number of pyridine rings is 1. The molecule has 8 nitrogen and oxygen atoms in total. The number of hydrogen-bond acceptors (Lipinski definition) is 7. The van der Waals surface area contributed by atoms with Crippen molar-refractivity contribution in [2.45, 2.75) is 13.3 Å². The molecule has 0 aliphatic carbocycles. The molecule has 1 aliphatic rings. The zero-order valence-corrected chi connectivity index (χ0v) is 20.2. The predicted molar refractivity (Wildman–Crippen MR) is 144 cm³/mol. The van der Waals surface area contributed by atoms with Crippen LogP contribution in [-0.2, 0) is 16.0 Å². The molecule has 4 aromatic rings. The molecule has 1 aliphatic heterocycles. The van der Waals surface area contributed by atoms with Gasteiger partial charge in [0, 0.05) is 53.5 Å². The fourth-order valence-corrected chi connectivity index (χ4v) is 4.32. The number of nitrogens with one attached hydrogen (secondary N) is 2. The highest BCUT2D eigenvalue weighted by atomic mass is 16.5. The van der Waals surface area contributed by atoms with Gasteiger partial charge in [-0.15, -0.1) is 0 Å². The van der Waals surface area contributed by atoms with E-state index in [0.29, 0.717) is 11.6 Å². The molecule has 3 heterocycles. The molecule has 36 heavy (non-hydrogen) atoms. The summed E-state index contributed by atoms with van der Waals surface area (Å²) < 4.78 is 5.45. The number of morpholine rings is 1. The Kier molecular flexibility index (Phi) is 6.86. The lowest BCUT2D eigenvalue weighted by Gasteiger charge is -2.28. The van der Waals surface area contributed by atoms with Crippen molar-refractivity contribution >= 4 is 39.8 Å². The monoisotopic (exact) mass is 480 g/mol. The number of carbonyl (C=O) groups is 1. The minimum Gasteiger partial charge on any atom is -0.378 e. The maximum atomic E-state index is 11.8. The fraction of sp³-hybridized carbons (Fsp3) is 0.214. The number of aryl methyl sites for hydroxylation is 1. The summed E-state index contributed by atoms with van der Waals surface area (Å²) in [6.07, 6.45) is 5.56. The van der Waals surface area contributed by atoms with E-state index < -0.39 is 0 Å². The van der Waals surface area contributed by atoms with Crippen LogP contribution in [0.4, 0.5) is 23.0 Å².